The lowest BCUT2D eigenvalue weighted by molar-refractivity contribution is -0.0169. The Morgan fingerprint density at radius 3 is 2.95 bits per heavy atom. The molecular formula is C15H21FN2O3. The van der Waals surface area contributed by atoms with Crippen LogP contribution in [0.3, 0.4) is 0 Å². The fourth-order valence-corrected chi connectivity index (χ4v) is 2.79. The fraction of sp³-hybridized carbons (Fsp3) is 0.533. The smallest absolute Gasteiger partial charge is 0.274 e. The van der Waals surface area contributed by atoms with Gasteiger partial charge < -0.3 is 4.74 Å². The molecule has 1 aromatic carbocycles. The molecule has 2 heterocycles. The molecule has 0 bridgehead atoms. The molecule has 1 aromatic rings. The van der Waals surface area contributed by atoms with Crippen LogP contribution in [0.4, 0.5) is 4.39 Å². The lowest BCUT2D eigenvalue weighted by atomic mass is 9.91. The average molecular weight is 296 g/mol. The number of nitrogens with one attached hydrogen (secondary N) is 1. The van der Waals surface area contributed by atoms with Gasteiger partial charge in [-0.25, -0.2) is 9.87 Å². The lowest BCUT2D eigenvalue weighted by Crippen LogP contribution is -2.48. The van der Waals surface area contributed by atoms with E-state index in [2.05, 4.69) is 4.90 Å². The summed E-state index contributed by atoms with van der Waals surface area (Å²) in [4.78, 5) is 13.6. The zero-order valence-electron chi connectivity index (χ0n) is 12.4. The highest BCUT2D eigenvalue weighted by molar-refractivity contribution is 5.93. The van der Waals surface area contributed by atoms with Crippen LogP contribution in [0.2, 0.25) is 0 Å². The van der Waals surface area contributed by atoms with Crippen molar-refractivity contribution in [3.05, 3.63) is 34.6 Å². The summed E-state index contributed by atoms with van der Waals surface area (Å²) in [5.41, 5.74) is 3.14. The maximum Gasteiger partial charge on any atom is 0.274 e. The molecule has 2 aliphatic rings. The first-order valence-electron chi connectivity index (χ1n) is 7.26. The molecule has 0 aliphatic carbocycles. The Hall–Kier alpha value is -1.50. The molecule has 1 fully saturated rings. The molecule has 1 amide bonds. The van der Waals surface area contributed by atoms with E-state index in [1.165, 1.54) is 11.5 Å². The van der Waals surface area contributed by atoms with Crippen LogP contribution in [-0.2, 0) is 17.7 Å². The predicted molar refractivity (Wildman–Crippen MR) is 75.7 cm³/mol. The minimum Gasteiger partial charge on any atom is -0.378 e. The van der Waals surface area contributed by atoms with E-state index in [0.717, 1.165) is 12.1 Å². The van der Waals surface area contributed by atoms with Crippen molar-refractivity contribution in [2.45, 2.75) is 32.9 Å². The van der Waals surface area contributed by atoms with E-state index in [9.17, 15) is 9.18 Å². The van der Waals surface area contributed by atoms with Crippen molar-refractivity contribution in [1.82, 2.24) is 10.4 Å². The van der Waals surface area contributed by atoms with Gasteiger partial charge in [-0.3, -0.25) is 14.9 Å². The Morgan fingerprint density at radius 2 is 2.24 bits per heavy atom. The molecule has 3 rings (SSSR count). The van der Waals surface area contributed by atoms with E-state index in [-0.39, 0.29) is 17.4 Å². The first-order chi connectivity index (χ1) is 10.2. The third kappa shape index (κ3) is 3.23. The molecular weight excluding hydrogens is 275 g/mol. The third-order valence-corrected chi connectivity index (χ3v) is 3.82. The largest absolute Gasteiger partial charge is 0.378 e. The molecule has 21 heavy (non-hydrogen) atoms. The standard InChI is InChI=1S/C13H15FN2O3.C2H6/c14-12-5-9(13(17)15-18)3-8-4-10-7-19-2-1-16(10)6-11(8)12;1-2/h3,5,10,18H,1-2,4,6-7H2,(H,15,17);1-2H3. The highest BCUT2D eigenvalue weighted by Gasteiger charge is 2.31. The molecule has 2 N–H and O–H groups in total. The number of benzene rings is 1. The monoisotopic (exact) mass is 296 g/mol. The van der Waals surface area contributed by atoms with Gasteiger partial charge in [-0.05, 0) is 24.1 Å². The number of amides is 1. The molecule has 0 saturated carbocycles. The molecule has 0 aromatic heterocycles. The number of fused-ring (bicyclic) bond motifs is 2. The summed E-state index contributed by atoms with van der Waals surface area (Å²) in [5, 5.41) is 8.62. The number of nitrogens with zero attached hydrogens (tertiary/aromatic N) is 1. The number of halogens is 1. The molecule has 6 heteroatoms. The summed E-state index contributed by atoms with van der Waals surface area (Å²) >= 11 is 0. The normalized spacial score (nSPS) is 20.7. The van der Waals surface area contributed by atoms with Gasteiger partial charge in [0, 0.05) is 30.3 Å². The Morgan fingerprint density at radius 1 is 1.48 bits per heavy atom. The van der Waals surface area contributed by atoms with Crippen LogP contribution >= 0.6 is 0 Å². The van der Waals surface area contributed by atoms with E-state index >= 15 is 0 Å². The topological polar surface area (TPSA) is 61.8 Å². The van der Waals surface area contributed by atoms with Crippen LogP contribution in [-0.4, -0.2) is 41.8 Å². The minimum absolute atomic E-state index is 0.143. The second-order valence-electron chi connectivity index (χ2n) is 4.94. The van der Waals surface area contributed by atoms with Crippen LogP contribution in [0.5, 0.6) is 0 Å². The highest BCUT2D eigenvalue weighted by Crippen LogP contribution is 2.28. The van der Waals surface area contributed by atoms with E-state index in [1.807, 2.05) is 13.8 Å². The Balaban J connectivity index is 0.000000774. The summed E-state index contributed by atoms with van der Waals surface area (Å²) in [6.07, 6.45) is 0.665. The fourth-order valence-electron chi connectivity index (χ4n) is 2.79. The molecule has 116 valence electrons. The second-order valence-corrected chi connectivity index (χ2v) is 4.94. The van der Waals surface area contributed by atoms with Gasteiger partial charge in [-0.15, -0.1) is 0 Å². The highest BCUT2D eigenvalue weighted by atomic mass is 19.1. The van der Waals surface area contributed by atoms with Crippen molar-refractivity contribution >= 4 is 5.91 Å². The zero-order chi connectivity index (χ0) is 15.4. The van der Waals surface area contributed by atoms with Gasteiger partial charge in [0.15, 0.2) is 0 Å². The summed E-state index contributed by atoms with van der Waals surface area (Å²) < 4.78 is 19.5. The maximum absolute atomic E-state index is 14.1. The summed E-state index contributed by atoms with van der Waals surface area (Å²) in [7, 11) is 0. The van der Waals surface area contributed by atoms with Crippen LogP contribution in [0.1, 0.15) is 35.3 Å². The van der Waals surface area contributed by atoms with Gasteiger partial charge in [0.2, 0.25) is 0 Å². The SMILES string of the molecule is CC.O=C(NO)c1cc(F)c2c(c1)CC1COCCN1C2. The average Bonchev–Trinajstić information content (AvgIpc) is 2.54. The number of carbonyl (C=O) groups excluding carboxylic acids is 1. The van der Waals surface area contributed by atoms with E-state index in [4.69, 9.17) is 9.94 Å². The van der Waals surface area contributed by atoms with E-state index in [0.29, 0.717) is 31.7 Å². The number of carbonyl (C=O) groups is 1. The van der Waals surface area contributed by atoms with Crippen molar-refractivity contribution in [1.29, 1.82) is 0 Å². The number of hydrogen-bond donors (Lipinski definition) is 2. The second kappa shape index (κ2) is 6.98. The zero-order valence-corrected chi connectivity index (χ0v) is 12.4. The quantitative estimate of drug-likeness (QED) is 0.612. The summed E-state index contributed by atoms with van der Waals surface area (Å²) in [6, 6.07) is 3.06. The van der Waals surface area contributed by atoms with Gasteiger partial charge in [0.05, 0.1) is 13.2 Å². The summed E-state index contributed by atoms with van der Waals surface area (Å²) in [6.45, 7) is 6.68. The van der Waals surface area contributed by atoms with Crippen LogP contribution < -0.4 is 5.48 Å². The van der Waals surface area contributed by atoms with E-state index in [1.54, 1.807) is 6.07 Å². The number of rotatable bonds is 1. The van der Waals surface area contributed by atoms with Crippen LogP contribution in [0.15, 0.2) is 12.1 Å². The Bertz CT molecular complexity index is 522. The molecule has 1 atom stereocenters. The molecule has 2 aliphatic heterocycles. The van der Waals surface area contributed by atoms with Gasteiger partial charge in [-0.1, -0.05) is 13.8 Å². The van der Waals surface area contributed by atoms with Gasteiger partial charge >= 0.3 is 0 Å². The first-order valence-corrected chi connectivity index (χ1v) is 7.26. The van der Waals surface area contributed by atoms with E-state index < -0.39 is 5.91 Å². The van der Waals surface area contributed by atoms with Crippen molar-refractivity contribution < 1.29 is 19.1 Å². The maximum atomic E-state index is 14.1. The Kier molecular flexibility index (Phi) is 5.27. The number of hydrogen-bond acceptors (Lipinski definition) is 4. The number of morpholine rings is 1. The van der Waals surface area contributed by atoms with Gasteiger partial charge in [0.1, 0.15) is 5.82 Å². The molecule has 1 saturated heterocycles. The predicted octanol–water partition coefficient (Wildman–Crippen LogP) is 1.73. The van der Waals surface area contributed by atoms with Crippen molar-refractivity contribution in [3.63, 3.8) is 0 Å². The van der Waals surface area contributed by atoms with Crippen LogP contribution in [0.25, 0.3) is 0 Å². The van der Waals surface area contributed by atoms with Crippen molar-refractivity contribution in [2.24, 2.45) is 0 Å². The molecule has 0 spiro atoms. The van der Waals surface area contributed by atoms with Gasteiger partial charge in [-0.2, -0.15) is 0 Å². The number of ether oxygens (including phenoxy) is 1. The molecule has 0 radical (unpaired) electrons. The van der Waals surface area contributed by atoms with Gasteiger partial charge in [0.25, 0.3) is 5.91 Å². The number of hydroxylamine groups is 1. The van der Waals surface area contributed by atoms with Crippen molar-refractivity contribution in [2.75, 3.05) is 19.8 Å². The van der Waals surface area contributed by atoms with Crippen molar-refractivity contribution in [3.8, 4) is 0 Å². The third-order valence-electron chi connectivity index (χ3n) is 3.82. The molecule has 5 nitrogen and oxygen atoms in total. The Labute approximate surface area is 123 Å². The first kappa shape index (κ1) is 15.9. The minimum atomic E-state index is -0.691. The van der Waals surface area contributed by atoms with Crippen LogP contribution in [0, 0.1) is 5.82 Å². The molecule has 1 unspecified atom stereocenters. The lowest BCUT2D eigenvalue weighted by Gasteiger charge is -2.40. The summed E-state index contributed by atoms with van der Waals surface area (Å²) in [5.74, 6) is -1.08.